The fourth-order valence-electron chi connectivity index (χ4n) is 3.28. The fourth-order valence-corrected chi connectivity index (χ4v) is 3.28. The summed E-state index contributed by atoms with van der Waals surface area (Å²) < 4.78 is 0. The Balaban J connectivity index is 2.26. The fraction of sp³-hybridized carbons (Fsp3) is 0.625. The molecule has 1 saturated carbocycles. The first-order chi connectivity index (χ1) is 9.02. The minimum atomic E-state index is -0.765. The summed E-state index contributed by atoms with van der Waals surface area (Å²) in [6.07, 6.45) is 12.1. The second-order valence-corrected chi connectivity index (χ2v) is 6.02. The van der Waals surface area contributed by atoms with E-state index >= 15 is 0 Å². The summed E-state index contributed by atoms with van der Waals surface area (Å²) in [6, 6.07) is 0. The van der Waals surface area contributed by atoms with Crippen LogP contribution in [0.25, 0.3) is 0 Å². The number of nitrogens with zero attached hydrogens (tertiary/aromatic N) is 1. The van der Waals surface area contributed by atoms with Gasteiger partial charge in [0.2, 0.25) is 0 Å². The molecule has 0 aliphatic heterocycles. The van der Waals surface area contributed by atoms with E-state index in [1.165, 1.54) is 6.42 Å². The molecule has 0 aromatic carbocycles. The van der Waals surface area contributed by atoms with E-state index in [4.69, 9.17) is 0 Å². The van der Waals surface area contributed by atoms with Crippen molar-refractivity contribution in [2.45, 2.75) is 37.7 Å². The van der Waals surface area contributed by atoms with Crippen molar-refractivity contribution in [1.82, 2.24) is 4.90 Å². The molecule has 0 saturated heterocycles. The molecule has 19 heavy (non-hydrogen) atoms. The Morgan fingerprint density at radius 1 is 1.37 bits per heavy atom. The Kier molecular flexibility index (Phi) is 4.48. The molecule has 1 fully saturated rings. The smallest absolute Gasteiger partial charge is 0.115 e. The predicted octanol–water partition coefficient (Wildman–Crippen LogP) is 2.80. The van der Waals surface area contributed by atoms with Crippen LogP contribution in [0.15, 0.2) is 35.6 Å². The predicted molar refractivity (Wildman–Crippen MR) is 78.0 cm³/mol. The quantitative estimate of drug-likeness (QED) is 0.823. The molecule has 3 heteroatoms. The van der Waals surface area contributed by atoms with E-state index in [0.29, 0.717) is 0 Å². The Bertz CT molecular complexity index is 409. The van der Waals surface area contributed by atoms with Gasteiger partial charge in [0.15, 0.2) is 0 Å². The molecule has 2 N–H and O–H groups in total. The summed E-state index contributed by atoms with van der Waals surface area (Å²) in [7, 11) is 4.10. The molecule has 1 unspecified atom stereocenters. The van der Waals surface area contributed by atoms with Crippen LogP contribution in [0.1, 0.15) is 32.1 Å². The third kappa shape index (κ3) is 3.28. The Labute approximate surface area is 115 Å². The lowest BCUT2D eigenvalue weighted by molar-refractivity contribution is -0.0260. The van der Waals surface area contributed by atoms with Crippen molar-refractivity contribution >= 4 is 0 Å². The van der Waals surface area contributed by atoms with Crippen molar-refractivity contribution < 1.29 is 10.2 Å². The molecule has 3 nitrogen and oxygen atoms in total. The van der Waals surface area contributed by atoms with Gasteiger partial charge in [-0.2, -0.15) is 0 Å². The lowest BCUT2D eigenvalue weighted by atomic mass is 9.70. The highest BCUT2D eigenvalue weighted by Gasteiger charge is 2.41. The third-order valence-corrected chi connectivity index (χ3v) is 4.24. The van der Waals surface area contributed by atoms with Crippen LogP contribution in [0, 0.1) is 5.92 Å². The van der Waals surface area contributed by atoms with Gasteiger partial charge in [0.25, 0.3) is 0 Å². The Morgan fingerprint density at radius 2 is 2.16 bits per heavy atom. The number of hydrogen-bond acceptors (Lipinski definition) is 3. The number of aliphatic hydroxyl groups excluding tert-OH is 1. The molecular weight excluding hydrogens is 238 g/mol. The average Bonchev–Trinajstić information content (AvgIpc) is 2.57. The molecule has 0 heterocycles. The van der Waals surface area contributed by atoms with Crippen LogP contribution >= 0.6 is 0 Å². The van der Waals surface area contributed by atoms with E-state index in [1.54, 1.807) is 12.2 Å². The molecule has 0 aromatic heterocycles. The minimum absolute atomic E-state index is 0.242. The van der Waals surface area contributed by atoms with Gasteiger partial charge in [0.1, 0.15) is 5.76 Å². The van der Waals surface area contributed by atoms with Crippen LogP contribution in [0.3, 0.4) is 0 Å². The second kappa shape index (κ2) is 5.93. The highest BCUT2D eigenvalue weighted by Crippen LogP contribution is 2.41. The van der Waals surface area contributed by atoms with E-state index in [0.717, 1.165) is 37.8 Å². The van der Waals surface area contributed by atoms with Crippen molar-refractivity contribution in [1.29, 1.82) is 0 Å². The number of hydrogen-bond donors (Lipinski definition) is 2. The average molecular weight is 263 g/mol. The SMILES string of the molecule is CN(C)CC1CCCC[C@]1(O)C1=CC(O)=CC=CC1. The monoisotopic (exact) mass is 263 g/mol. The standard InChI is InChI=1S/C16H25NO2/c1-17(2)12-14-8-5-6-10-16(14,19)13-7-3-4-9-15(18)11-13/h3-4,9,11,14,18-19H,5-8,10,12H2,1-2H3/t14?,16-/m0/s1. The molecular formula is C16H25NO2. The number of rotatable bonds is 3. The van der Waals surface area contributed by atoms with Crippen LogP contribution in [-0.2, 0) is 0 Å². The lowest BCUT2D eigenvalue weighted by Crippen LogP contribution is -2.46. The molecule has 106 valence electrons. The molecule has 2 aliphatic carbocycles. The van der Waals surface area contributed by atoms with Crippen LogP contribution < -0.4 is 0 Å². The van der Waals surface area contributed by atoms with Gasteiger partial charge in [-0.1, -0.05) is 25.0 Å². The molecule has 2 atom stereocenters. The van der Waals surface area contributed by atoms with E-state index < -0.39 is 5.60 Å². The summed E-state index contributed by atoms with van der Waals surface area (Å²) in [5.41, 5.74) is 0.195. The molecule has 0 amide bonds. The zero-order chi connectivity index (χ0) is 13.9. The highest BCUT2D eigenvalue weighted by molar-refractivity contribution is 5.33. The third-order valence-electron chi connectivity index (χ3n) is 4.24. The van der Waals surface area contributed by atoms with E-state index in [2.05, 4.69) is 4.90 Å². The maximum Gasteiger partial charge on any atom is 0.115 e. The molecule has 0 aromatic rings. The first kappa shape index (κ1) is 14.4. The Hall–Kier alpha value is -1.06. The summed E-state index contributed by atoms with van der Waals surface area (Å²) >= 11 is 0. The highest BCUT2D eigenvalue weighted by atomic mass is 16.3. The van der Waals surface area contributed by atoms with Gasteiger partial charge in [-0.3, -0.25) is 0 Å². The van der Waals surface area contributed by atoms with Crippen molar-refractivity contribution in [3.05, 3.63) is 35.6 Å². The second-order valence-electron chi connectivity index (χ2n) is 6.02. The van der Waals surface area contributed by atoms with Crippen LogP contribution in [0.4, 0.5) is 0 Å². The number of aliphatic hydroxyl groups is 2. The van der Waals surface area contributed by atoms with E-state index in [9.17, 15) is 10.2 Å². The zero-order valence-corrected chi connectivity index (χ0v) is 12.0. The first-order valence-corrected chi connectivity index (χ1v) is 7.16. The van der Waals surface area contributed by atoms with Crippen molar-refractivity contribution in [2.75, 3.05) is 20.6 Å². The Morgan fingerprint density at radius 3 is 2.89 bits per heavy atom. The maximum absolute atomic E-state index is 11.2. The van der Waals surface area contributed by atoms with Crippen molar-refractivity contribution in [3.63, 3.8) is 0 Å². The normalized spacial score (nSPS) is 31.9. The molecule has 0 radical (unpaired) electrons. The van der Waals surface area contributed by atoms with E-state index in [1.807, 2.05) is 26.2 Å². The molecule has 2 aliphatic rings. The van der Waals surface area contributed by atoms with Gasteiger partial charge in [0, 0.05) is 12.5 Å². The largest absolute Gasteiger partial charge is 0.508 e. The summed E-state index contributed by atoms with van der Waals surface area (Å²) in [5, 5.41) is 21.0. The van der Waals surface area contributed by atoms with Gasteiger partial charge in [-0.05, 0) is 51.1 Å². The van der Waals surface area contributed by atoms with Crippen LogP contribution in [-0.4, -0.2) is 41.4 Å². The molecule has 0 spiro atoms. The van der Waals surface area contributed by atoms with Gasteiger partial charge in [0.05, 0.1) is 5.60 Å². The summed E-state index contributed by atoms with van der Waals surface area (Å²) in [5.74, 6) is 0.494. The zero-order valence-electron chi connectivity index (χ0n) is 12.0. The van der Waals surface area contributed by atoms with Crippen LogP contribution in [0.2, 0.25) is 0 Å². The lowest BCUT2D eigenvalue weighted by Gasteiger charge is -2.43. The van der Waals surface area contributed by atoms with Gasteiger partial charge < -0.3 is 15.1 Å². The molecule has 2 rings (SSSR count). The van der Waals surface area contributed by atoms with Crippen LogP contribution in [0.5, 0.6) is 0 Å². The van der Waals surface area contributed by atoms with Crippen molar-refractivity contribution in [3.8, 4) is 0 Å². The van der Waals surface area contributed by atoms with Gasteiger partial charge >= 0.3 is 0 Å². The van der Waals surface area contributed by atoms with Gasteiger partial charge in [-0.25, -0.2) is 0 Å². The minimum Gasteiger partial charge on any atom is -0.508 e. The summed E-state index contributed by atoms with van der Waals surface area (Å²) in [4.78, 5) is 2.14. The number of allylic oxidation sites excluding steroid dienone is 4. The topological polar surface area (TPSA) is 43.7 Å². The maximum atomic E-state index is 11.2. The van der Waals surface area contributed by atoms with Gasteiger partial charge in [-0.15, -0.1) is 0 Å². The molecule has 0 bridgehead atoms. The van der Waals surface area contributed by atoms with Crippen molar-refractivity contribution in [2.24, 2.45) is 5.92 Å². The van der Waals surface area contributed by atoms with E-state index in [-0.39, 0.29) is 11.7 Å². The summed E-state index contributed by atoms with van der Waals surface area (Å²) in [6.45, 7) is 0.891. The first-order valence-electron chi connectivity index (χ1n) is 7.16.